The number of benzene rings is 2. The van der Waals surface area contributed by atoms with Crippen molar-refractivity contribution >= 4 is 22.3 Å². The average Bonchev–Trinajstić information content (AvgIpc) is 3.29. The molecule has 0 radical (unpaired) electrons. The van der Waals surface area contributed by atoms with Crippen LogP contribution in [-0.2, 0) is 18.2 Å². The number of aryl methyl sites for hydroxylation is 2. The zero-order valence-electron chi connectivity index (χ0n) is 18.6. The summed E-state index contributed by atoms with van der Waals surface area (Å²) in [4.78, 5) is 13.4. The molecule has 0 bridgehead atoms. The van der Waals surface area contributed by atoms with Crippen LogP contribution < -0.4 is 14.8 Å². The number of hydrogen-bond acceptors (Lipinski definition) is 7. The number of nitrogens with one attached hydrogen (secondary N) is 1. The van der Waals surface area contributed by atoms with E-state index in [1.807, 2.05) is 6.92 Å². The van der Waals surface area contributed by atoms with Crippen molar-refractivity contribution in [2.75, 3.05) is 24.8 Å². The lowest BCUT2D eigenvalue weighted by molar-refractivity contribution is 0.0915. The summed E-state index contributed by atoms with van der Waals surface area (Å²) in [7, 11) is 0.643. The fourth-order valence-electron chi connectivity index (χ4n) is 3.63. The Morgan fingerprint density at radius 1 is 1.18 bits per heavy atom. The molecule has 0 unspecified atom stereocenters. The molecule has 2 aromatic carbocycles. The number of amides is 1. The summed E-state index contributed by atoms with van der Waals surface area (Å²) in [6.45, 7) is 2.25. The largest absolute Gasteiger partial charge is 0.488 e. The second-order valence-corrected chi connectivity index (χ2v) is 10.1. The highest BCUT2D eigenvalue weighted by atomic mass is 32.3. The highest BCUT2D eigenvalue weighted by Gasteiger charge is 2.27. The van der Waals surface area contributed by atoms with Crippen molar-refractivity contribution in [1.29, 1.82) is 0 Å². The minimum absolute atomic E-state index is 0.234. The van der Waals surface area contributed by atoms with Gasteiger partial charge in [0.15, 0.2) is 5.82 Å². The number of hydrogen-bond donors (Lipinski definition) is 3. The Labute approximate surface area is 193 Å². The smallest absolute Gasteiger partial charge is 0.257 e. The molecule has 0 fully saturated rings. The molecule has 1 atom stereocenters. The fourth-order valence-corrected chi connectivity index (χ4v) is 5.22. The highest BCUT2D eigenvalue weighted by molar-refractivity contribution is 8.24. The molecule has 0 spiro atoms. The van der Waals surface area contributed by atoms with Crippen molar-refractivity contribution in [2.45, 2.75) is 24.3 Å². The maximum Gasteiger partial charge on any atom is 0.257 e. The van der Waals surface area contributed by atoms with Gasteiger partial charge in [0.05, 0.1) is 11.5 Å². The van der Waals surface area contributed by atoms with Gasteiger partial charge in [0.25, 0.3) is 5.91 Å². The number of nitrogens with zero attached hydrogens (tertiary/aromatic N) is 2. The van der Waals surface area contributed by atoms with Crippen LogP contribution in [0.1, 0.15) is 22.8 Å². The van der Waals surface area contributed by atoms with Crippen LogP contribution >= 0.6 is 10.6 Å². The second kappa shape index (κ2) is 9.44. The molecule has 1 aliphatic heterocycles. The lowest BCUT2D eigenvalue weighted by Gasteiger charge is -2.27. The van der Waals surface area contributed by atoms with E-state index in [-0.39, 0.29) is 12.0 Å². The molecule has 1 aromatic heterocycles. The van der Waals surface area contributed by atoms with Gasteiger partial charge in [0.1, 0.15) is 23.4 Å². The molecule has 33 heavy (non-hydrogen) atoms. The average molecular weight is 474 g/mol. The van der Waals surface area contributed by atoms with Crippen LogP contribution in [0.25, 0.3) is 0 Å². The predicted octanol–water partition coefficient (Wildman–Crippen LogP) is 4.54. The molecule has 2 heterocycles. The van der Waals surface area contributed by atoms with E-state index in [1.165, 1.54) is 0 Å². The van der Waals surface area contributed by atoms with Gasteiger partial charge >= 0.3 is 0 Å². The Balaban J connectivity index is 1.60. The molecule has 3 N–H and O–H groups in total. The quantitative estimate of drug-likeness (QED) is 0.440. The Bertz CT molecular complexity index is 1160. The zero-order valence-corrected chi connectivity index (χ0v) is 19.5. The molecule has 1 aliphatic rings. The molecule has 0 saturated heterocycles. The van der Waals surface area contributed by atoms with E-state index in [0.717, 1.165) is 5.56 Å². The lowest BCUT2D eigenvalue weighted by Crippen LogP contribution is -2.18. The Kier molecular flexibility index (Phi) is 6.61. The van der Waals surface area contributed by atoms with Crippen LogP contribution in [0.3, 0.4) is 0 Å². The second-order valence-electron chi connectivity index (χ2n) is 7.90. The van der Waals surface area contributed by atoms with E-state index in [0.29, 0.717) is 52.3 Å². The summed E-state index contributed by atoms with van der Waals surface area (Å²) in [6, 6.07) is 11.8. The number of aromatic nitrogens is 2. The Hall–Kier alpha value is -3.05. The third-order valence-corrected chi connectivity index (χ3v) is 6.99. The molecule has 3 aromatic rings. The maximum absolute atomic E-state index is 12.9. The molecule has 1 amide bonds. The van der Waals surface area contributed by atoms with Gasteiger partial charge < -0.3 is 19.5 Å². The van der Waals surface area contributed by atoms with Gasteiger partial charge in [-0.1, -0.05) is 0 Å². The molecule has 0 saturated carbocycles. The molecule has 176 valence electrons. The van der Waals surface area contributed by atoms with Crippen LogP contribution in [0, 0.1) is 0 Å². The van der Waals surface area contributed by atoms with Gasteiger partial charge in [-0.05, 0) is 49.2 Å². The lowest BCUT2D eigenvalue weighted by atomic mass is 10.1. The van der Waals surface area contributed by atoms with E-state index in [9.17, 15) is 13.9 Å². The first kappa shape index (κ1) is 23.1. The number of carbonyl (C=O) groups is 1. The highest BCUT2D eigenvalue weighted by Crippen LogP contribution is 2.55. The minimum Gasteiger partial charge on any atom is -0.488 e. The maximum atomic E-state index is 12.9. The van der Waals surface area contributed by atoms with Crippen LogP contribution in [-0.4, -0.2) is 50.4 Å². The van der Waals surface area contributed by atoms with E-state index >= 15 is 0 Å². The summed E-state index contributed by atoms with van der Waals surface area (Å²) in [5.41, 5.74) is 1.19. The molecular formula is C23H27N3O6S. The van der Waals surface area contributed by atoms with Crippen LogP contribution in [0.4, 0.5) is 5.82 Å². The predicted molar refractivity (Wildman–Crippen MR) is 126 cm³/mol. The van der Waals surface area contributed by atoms with E-state index in [1.54, 1.807) is 67.5 Å². The minimum atomic E-state index is -2.71. The zero-order chi connectivity index (χ0) is 23.6. The number of fused-ring (bicyclic) bond motifs is 1. The molecule has 9 nitrogen and oxygen atoms in total. The van der Waals surface area contributed by atoms with Gasteiger partial charge in [0, 0.05) is 43.8 Å². The first-order valence-corrected chi connectivity index (χ1v) is 12.1. The first-order chi connectivity index (χ1) is 15.7. The van der Waals surface area contributed by atoms with Crippen molar-refractivity contribution < 1.29 is 28.1 Å². The van der Waals surface area contributed by atoms with Crippen molar-refractivity contribution in [1.82, 2.24) is 9.78 Å². The Morgan fingerprint density at radius 2 is 1.97 bits per heavy atom. The topological polar surface area (TPSA) is 115 Å². The number of anilines is 1. The van der Waals surface area contributed by atoms with Crippen molar-refractivity contribution in [2.24, 2.45) is 7.05 Å². The third-order valence-electron chi connectivity index (χ3n) is 5.11. The van der Waals surface area contributed by atoms with E-state index in [4.69, 9.17) is 14.2 Å². The van der Waals surface area contributed by atoms with Gasteiger partial charge in [-0.25, -0.2) is 0 Å². The molecule has 0 aliphatic carbocycles. The van der Waals surface area contributed by atoms with Gasteiger partial charge in [-0.15, -0.1) is 0 Å². The van der Waals surface area contributed by atoms with Crippen LogP contribution in [0.15, 0.2) is 53.6 Å². The normalized spacial score (nSPS) is 16.0. The number of ether oxygens (including phenoxy) is 3. The summed E-state index contributed by atoms with van der Waals surface area (Å²) >= 11 is 0. The standard InChI is InChI=1S/C23H27N3O6S/c1-15(14-30-3)31-19-11-17(23(27)24-22-6-8-26(2)25-22)12-20(13-19)32-18-4-5-21-16(10-18)7-9-33(21,28)29/h4-6,8,10-13,15,28-29H,7,9,14H2,1-3H3,(H,24,25,27)/t15-/m0/s1. The summed E-state index contributed by atoms with van der Waals surface area (Å²) in [5, 5.41) is 6.93. The van der Waals surface area contributed by atoms with Crippen molar-refractivity contribution in [3.63, 3.8) is 0 Å². The monoisotopic (exact) mass is 473 g/mol. The summed E-state index contributed by atoms with van der Waals surface area (Å²) < 4.78 is 38.9. The van der Waals surface area contributed by atoms with Crippen molar-refractivity contribution in [3.05, 3.63) is 59.8 Å². The summed E-state index contributed by atoms with van der Waals surface area (Å²) in [5.74, 6) is 1.80. The fraction of sp³-hybridized carbons (Fsp3) is 0.304. The molecule has 4 rings (SSSR count). The van der Waals surface area contributed by atoms with E-state index < -0.39 is 10.6 Å². The molecular weight excluding hydrogens is 446 g/mol. The van der Waals surface area contributed by atoms with Gasteiger partial charge in [0.2, 0.25) is 0 Å². The van der Waals surface area contributed by atoms with E-state index in [2.05, 4.69) is 10.4 Å². The third kappa shape index (κ3) is 5.48. The first-order valence-electron chi connectivity index (χ1n) is 10.4. The SMILES string of the molecule is COC[C@H](C)Oc1cc(Oc2ccc3c(c2)CCS3(O)O)cc(C(=O)Nc2ccn(C)n2)c1. The van der Waals surface area contributed by atoms with Gasteiger partial charge in [-0.2, -0.15) is 15.7 Å². The van der Waals surface area contributed by atoms with Gasteiger partial charge in [-0.3, -0.25) is 18.6 Å². The van der Waals surface area contributed by atoms with Crippen molar-refractivity contribution in [3.8, 4) is 17.2 Å². The van der Waals surface area contributed by atoms with Crippen LogP contribution in [0.5, 0.6) is 17.2 Å². The molecule has 10 heteroatoms. The summed E-state index contributed by atoms with van der Waals surface area (Å²) in [6.07, 6.45) is 2.07. The number of rotatable bonds is 8. The number of methoxy groups -OCH3 is 1. The number of carbonyl (C=O) groups excluding carboxylic acids is 1. The van der Waals surface area contributed by atoms with Crippen LogP contribution in [0.2, 0.25) is 0 Å². The Morgan fingerprint density at radius 3 is 2.70 bits per heavy atom.